The molecular formula is C28H35N7O5. The Balaban J connectivity index is 1.07. The van der Waals surface area contributed by atoms with Crippen LogP contribution in [0.3, 0.4) is 0 Å². The number of oxazole rings is 1. The molecule has 2 aromatic heterocycles. The number of ether oxygens (including phenoxy) is 1. The Bertz CT molecular complexity index is 1350. The number of β-amino-alcohol motifs (C(OH)–C–C–N with tert-alkyl or cyclic N) is 1. The van der Waals surface area contributed by atoms with Gasteiger partial charge in [-0.15, -0.1) is 0 Å². The first-order valence-electron chi connectivity index (χ1n) is 13.5. The molecule has 12 heteroatoms. The van der Waals surface area contributed by atoms with Crippen molar-refractivity contribution in [1.29, 1.82) is 0 Å². The lowest BCUT2D eigenvalue weighted by Gasteiger charge is -2.30. The highest BCUT2D eigenvalue weighted by Gasteiger charge is 2.24. The van der Waals surface area contributed by atoms with E-state index < -0.39 is 6.10 Å². The molecule has 12 nitrogen and oxygen atoms in total. The monoisotopic (exact) mass is 549 g/mol. The van der Waals surface area contributed by atoms with E-state index in [4.69, 9.17) is 9.15 Å². The maximum Gasteiger partial charge on any atom is 0.270 e. The molecule has 0 radical (unpaired) electrons. The van der Waals surface area contributed by atoms with Gasteiger partial charge in [0.15, 0.2) is 12.2 Å². The second kappa shape index (κ2) is 12.4. The number of amides is 2. The number of rotatable bonds is 10. The molecule has 40 heavy (non-hydrogen) atoms. The minimum atomic E-state index is -0.733. The molecule has 0 saturated carbocycles. The van der Waals surface area contributed by atoms with Gasteiger partial charge in [-0.2, -0.15) is 0 Å². The molecule has 0 aliphatic carbocycles. The summed E-state index contributed by atoms with van der Waals surface area (Å²) in [5.74, 6) is 1.69. The summed E-state index contributed by atoms with van der Waals surface area (Å²) in [7, 11) is 1.79. The Kier molecular flexibility index (Phi) is 8.56. The van der Waals surface area contributed by atoms with Crippen molar-refractivity contribution in [3.05, 3.63) is 65.3 Å². The lowest BCUT2D eigenvalue weighted by Crippen LogP contribution is -2.42. The van der Waals surface area contributed by atoms with E-state index in [1.807, 2.05) is 13.0 Å². The van der Waals surface area contributed by atoms with Crippen molar-refractivity contribution in [1.82, 2.24) is 30.1 Å². The predicted molar refractivity (Wildman–Crippen MR) is 146 cm³/mol. The Labute approximate surface area is 232 Å². The van der Waals surface area contributed by atoms with E-state index in [0.29, 0.717) is 44.2 Å². The number of aryl methyl sites for hydroxylation is 1. The van der Waals surface area contributed by atoms with E-state index in [0.717, 1.165) is 30.8 Å². The minimum Gasteiger partial charge on any atom is -0.486 e. The highest BCUT2D eigenvalue weighted by molar-refractivity contribution is 5.92. The van der Waals surface area contributed by atoms with Crippen LogP contribution in [0.5, 0.6) is 5.75 Å². The van der Waals surface area contributed by atoms with Crippen molar-refractivity contribution >= 4 is 17.6 Å². The van der Waals surface area contributed by atoms with Gasteiger partial charge < -0.3 is 29.8 Å². The van der Waals surface area contributed by atoms with Gasteiger partial charge in [-0.1, -0.05) is 6.07 Å². The molecule has 1 unspecified atom stereocenters. The summed E-state index contributed by atoms with van der Waals surface area (Å²) in [5, 5.41) is 16.6. The Morgan fingerprint density at radius 3 is 2.90 bits per heavy atom. The number of fused-ring (bicyclic) bond motifs is 1. The van der Waals surface area contributed by atoms with Crippen LogP contribution < -0.4 is 15.4 Å². The van der Waals surface area contributed by atoms with Gasteiger partial charge in [0.05, 0.1) is 11.8 Å². The highest BCUT2D eigenvalue weighted by atomic mass is 16.5. The zero-order chi connectivity index (χ0) is 28.1. The molecule has 0 spiro atoms. The number of benzene rings is 1. The molecule has 2 aliphatic rings. The molecule has 4 heterocycles. The number of nitrogens with one attached hydrogen (secondary N) is 2. The van der Waals surface area contributed by atoms with Gasteiger partial charge in [-0.05, 0) is 43.0 Å². The average molecular weight is 550 g/mol. The number of carbonyl (C=O) groups excluding carboxylic acids is 2. The highest BCUT2D eigenvalue weighted by Crippen LogP contribution is 2.25. The molecule has 0 bridgehead atoms. The van der Waals surface area contributed by atoms with Crippen LogP contribution in [0.15, 0.2) is 41.4 Å². The topological polar surface area (TPSA) is 146 Å². The molecule has 3 aromatic rings. The third-order valence-corrected chi connectivity index (χ3v) is 7.36. The lowest BCUT2D eigenvalue weighted by molar-refractivity contribution is -0.132. The van der Waals surface area contributed by atoms with E-state index in [1.54, 1.807) is 18.0 Å². The lowest BCUT2D eigenvalue weighted by atomic mass is 9.99. The zero-order valence-electron chi connectivity index (χ0n) is 22.8. The third-order valence-electron chi connectivity index (χ3n) is 7.36. The number of anilines is 1. The molecule has 1 aromatic carbocycles. The number of piperidine rings is 1. The molecule has 212 valence electrons. The zero-order valence-corrected chi connectivity index (χ0v) is 22.8. The predicted octanol–water partition coefficient (Wildman–Crippen LogP) is 1.53. The summed E-state index contributed by atoms with van der Waals surface area (Å²) < 4.78 is 11.2. The van der Waals surface area contributed by atoms with E-state index in [2.05, 4.69) is 42.6 Å². The van der Waals surface area contributed by atoms with Crippen LogP contribution in [0.2, 0.25) is 0 Å². The first kappa shape index (κ1) is 27.5. The first-order valence-corrected chi connectivity index (χ1v) is 13.5. The van der Waals surface area contributed by atoms with Gasteiger partial charge in [0.1, 0.15) is 30.2 Å². The minimum absolute atomic E-state index is 0.0336. The van der Waals surface area contributed by atoms with Gasteiger partial charge >= 0.3 is 0 Å². The van der Waals surface area contributed by atoms with Crippen LogP contribution in [0, 0.1) is 6.92 Å². The SMILES string of the molecule is Cc1ncoc1COc1ccc2c(c1)CCN(C[C@@H](O)CNC(=O)c1cc(NC3CCN(C)C(=O)C3)ncn1)C2. The summed E-state index contributed by atoms with van der Waals surface area (Å²) in [6.07, 6.45) is 4.03. The van der Waals surface area contributed by atoms with Crippen LogP contribution in [0.25, 0.3) is 0 Å². The van der Waals surface area contributed by atoms with Crippen molar-refractivity contribution in [2.45, 2.75) is 51.5 Å². The molecule has 1 saturated heterocycles. The van der Waals surface area contributed by atoms with Crippen LogP contribution in [-0.2, 0) is 24.4 Å². The fourth-order valence-electron chi connectivity index (χ4n) is 4.95. The number of hydrogen-bond donors (Lipinski definition) is 3. The molecule has 3 N–H and O–H groups in total. The summed E-state index contributed by atoms with van der Waals surface area (Å²) in [4.78, 5) is 40.9. The molecule has 1 fully saturated rings. The number of aliphatic hydroxyl groups is 1. The molecule has 2 atom stereocenters. The number of carbonyl (C=O) groups is 2. The van der Waals surface area contributed by atoms with Gasteiger partial charge in [-0.3, -0.25) is 14.5 Å². The van der Waals surface area contributed by atoms with Crippen molar-refractivity contribution in [2.75, 3.05) is 38.5 Å². The second-order valence-electron chi connectivity index (χ2n) is 10.4. The molecule has 2 amide bonds. The number of aliphatic hydroxyl groups excluding tert-OH is 1. The first-order chi connectivity index (χ1) is 19.3. The van der Waals surface area contributed by atoms with E-state index in [1.165, 1.54) is 23.8 Å². The van der Waals surface area contributed by atoms with Gasteiger partial charge in [0.2, 0.25) is 5.91 Å². The van der Waals surface area contributed by atoms with Gasteiger partial charge in [0, 0.05) is 58.3 Å². The largest absolute Gasteiger partial charge is 0.486 e. The van der Waals surface area contributed by atoms with Crippen LogP contribution in [-0.4, -0.2) is 87.0 Å². The fraction of sp³-hybridized carbons (Fsp3) is 0.464. The van der Waals surface area contributed by atoms with Crippen LogP contribution in [0.1, 0.15) is 45.9 Å². The number of nitrogens with zero attached hydrogens (tertiary/aromatic N) is 5. The number of hydrogen-bond acceptors (Lipinski definition) is 10. The van der Waals surface area contributed by atoms with Crippen molar-refractivity contribution in [3.8, 4) is 5.75 Å². The maximum atomic E-state index is 12.7. The summed E-state index contributed by atoms with van der Waals surface area (Å²) in [6, 6.07) is 7.59. The third kappa shape index (κ3) is 6.93. The summed E-state index contributed by atoms with van der Waals surface area (Å²) in [6.45, 7) is 4.94. The van der Waals surface area contributed by atoms with E-state index >= 15 is 0 Å². The van der Waals surface area contributed by atoms with Crippen LogP contribution >= 0.6 is 0 Å². The van der Waals surface area contributed by atoms with Gasteiger partial charge in [0.25, 0.3) is 5.91 Å². The Hall–Kier alpha value is -4.03. The van der Waals surface area contributed by atoms with Crippen molar-refractivity contribution < 1.29 is 23.8 Å². The average Bonchev–Trinajstić information content (AvgIpc) is 3.37. The quantitative estimate of drug-likeness (QED) is 0.340. The van der Waals surface area contributed by atoms with Crippen molar-refractivity contribution in [3.63, 3.8) is 0 Å². The van der Waals surface area contributed by atoms with E-state index in [9.17, 15) is 14.7 Å². The van der Waals surface area contributed by atoms with Gasteiger partial charge in [-0.25, -0.2) is 15.0 Å². The Morgan fingerprint density at radius 1 is 1.23 bits per heavy atom. The van der Waals surface area contributed by atoms with E-state index in [-0.39, 0.29) is 30.1 Å². The van der Waals surface area contributed by atoms with Crippen LogP contribution in [0.4, 0.5) is 5.82 Å². The number of aromatic nitrogens is 3. The smallest absolute Gasteiger partial charge is 0.270 e. The maximum absolute atomic E-state index is 12.7. The molecule has 2 aliphatic heterocycles. The standard InChI is InChI=1S/C28H35N7O5/c1-18-25(40-17-32-18)15-39-23-4-3-20-13-35(8-5-19(20)9-23)14-22(36)12-29-28(38)24-11-26(31-16-30-24)33-21-6-7-34(2)27(37)10-21/h3-4,9,11,16-17,21-22,36H,5-8,10,12-15H2,1-2H3,(H,29,38)(H,30,31,33)/t21?,22-/m0/s1. The molecule has 5 rings (SSSR count). The normalized spacial score (nSPS) is 18.2. The fourth-order valence-corrected chi connectivity index (χ4v) is 4.95. The van der Waals surface area contributed by atoms with Crippen molar-refractivity contribution in [2.24, 2.45) is 0 Å². The second-order valence-corrected chi connectivity index (χ2v) is 10.4. The number of likely N-dealkylation sites (tertiary alicyclic amines) is 1. The Morgan fingerprint density at radius 2 is 2.10 bits per heavy atom. The summed E-state index contributed by atoms with van der Waals surface area (Å²) >= 11 is 0. The summed E-state index contributed by atoms with van der Waals surface area (Å²) in [5.41, 5.74) is 3.44. The molecular weight excluding hydrogens is 514 g/mol.